The van der Waals surface area contributed by atoms with Gasteiger partial charge in [-0.05, 0) is 43.5 Å². The van der Waals surface area contributed by atoms with E-state index < -0.39 is 6.04 Å². The highest BCUT2D eigenvalue weighted by Gasteiger charge is 2.22. The van der Waals surface area contributed by atoms with Crippen LogP contribution in [0.1, 0.15) is 37.8 Å². The summed E-state index contributed by atoms with van der Waals surface area (Å²) in [4.78, 5) is 26.5. The smallest absolute Gasteiger partial charge is 0.247 e. The summed E-state index contributed by atoms with van der Waals surface area (Å²) in [5, 5.41) is 6.69. The van der Waals surface area contributed by atoms with E-state index in [4.69, 9.17) is 27.9 Å². The second-order valence-corrected chi connectivity index (χ2v) is 8.74. The van der Waals surface area contributed by atoms with Gasteiger partial charge in [0.15, 0.2) is 0 Å². The van der Waals surface area contributed by atoms with Gasteiger partial charge in [-0.3, -0.25) is 9.59 Å². The van der Waals surface area contributed by atoms with Crippen molar-refractivity contribution in [1.29, 1.82) is 0 Å². The summed E-state index contributed by atoms with van der Waals surface area (Å²) < 4.78 is 6.04. The van der Waals surface area contributed by atoms with Crippen LogP contribution in [0.15, 0.2) is 48.5 Å². The minimum absolute atomic E-state index is 0.160. The van der Waals surface area contributed by atoms with E-state index >= 15 is 0 Å². The van der Waals surface area contributed by atoms with Crippen molar-refractivity contribution in [3.63, 3.8) is 0 Å². The summed E-state index contributed by atoms with van der Waals surface area (Å²) in [5.74, 6) is 0.313. The first-order valence-electron chi connectivity index (χ1n) is 10.9. The number of piperidine rings is 1. The number of benzene rings is 2. The topological polar surface area (TPSA) is 70.7 Å². The second kappa shape index (κ2) is 12.1. The summed E-state index contributed by atoms with van der Waals surface area (Å²) in [6.07, 6.45) is 2.87. The van der Waals surface area contributed by atoms with Gasteiger partial charge in [0, 0.05) is 32.6 Å². The minimum Gasteiger partial charge on any atom is -0.490 e. The van der Waals surface area contributed by atoms with Gasteiger partial charge in [-0.1, -0.05) is 53.5 Å². The van der Waals surface area contributed by atoms with E-state index in [-0.39, 0.29) is 17.9 Å². The van der Waals surface area contributed by atoms with Crippen LogP contribution in [-0.4, -0.2) is 49.0 Å². The van der Waals surface area contributed by atoms with Crippen molar-refractivity contribution < 1.29 is 14.3 Å². The third kappa shape index (κ3) is 7.40. The average Bonchev–Trinajstić information content (AvgIpc) is 2.79. The molecule has 2 amide bonds. The first-order valence-corrected chi connectivity index (χ1v) is 11.6. The lowest BCUT2D eigenvalue weighted by atomic mass is 10.1. The van der Waals surface area contributed by atoms with Crippen LogP contribution in [0.3, 0.4) is 0 Å². The number of likely N-dealkylation sites (tertiary alicyclic amines) is 1. The molecule has 172 valence electrons. The van der Waals surface area contributed by atoms with Crippen LogP contribution in [-0.2, 0) is 9.59 Å². The van der Waals surface area contributed by atoms with Gasteiger partial charge in [0.25, 0.3) is 0 Å². The number of amides is 2. The van der Waals surface area contributed by atoms with Crippen LogP contribution in [0, 0.1) is 0 Å². The fraction of sp³-hybridized carbons (Fsp3) is 0.417. The summed E-state index contributed by atoms with van der Waals surface area (Å²) in [7, 11) is 0. The number of ether oxygens (including phenoxy) is 1. The molecule has 2 aromatic rings. The monoisotopic (exact) mass is 477 g/mol. The molecule has 3 rings (SSSR count). The Morgan fingerprint density at radius 2 is 1.81 bits per heavy atom. The van der Waals surface area contributed by atoms with Gasteiger partial charge in [0.05, 0.1) is 10.0 Å². The summed E-state index contributed by atoms with van der Waals surface area (Å²) >= 11 is 12.0. The Hall–Kier alpha value is -2.28. The Morgan fingerprint density at radius 1 is 1.09 bits per heavy atom. The van der Waals surface area contributed by atoms with Gasteiger partial charge in [0.1, 0.15) is 17.9 Å². The number of carbonyl (C=O) groups is 2. The molecule has 8 heteroatoms. The fourth-order valence-corrected chi connectivity index (χ4v) is 4.05. The van der Waals surface area contributed by atoms with Gasteiger partial charge < -0.3 is 20.3 Å². The van der Waals surface area contributed by atoms with Crippen molar-refractivity contribution in [2.45, 2.75) is 38.3 Å². The third-order valence-corrected chi connectivity index (χ3v) is 6.16. The van der Waals surface area contributed by atoms with Crippen molar-refractivity contribution >= 4 is 35.0 Å². The Kier molecular flexibility index (Phi) is 9.21. The number of hydrogen-bond acceptors (Lipinski definition) is 4. The molecule has 0 saturated carbocycles. The molecule has 1 unspecified atom stereocenters. The zero-order valence-corrected chi connectivity index (χ0v) is 19.7. The Labute approximate surface area is 199 Å². The van der Waals surface area contributed by atoms with E-state index in [1.807, 2.05) is 36.4 Å². The third-order valence-electron chi connectivity index (χ3n) is 5.42. The first-order chi connectivity index (χ1) is 15.4. The molecule has 32 heavy (non-hydrogen) atoms. The highest BCUT2D eigenvalue weighted by Crippen LogP contribution is 2.28. The summed E-state index contributed by atoms with van der Waals surface area (Å²) in [5.41, 5.74) is 0.768. The first kappa shape index (κ1) is 24.4. The molecule has 0 aromatic heterocycles. The average molecular weight is 478 g/mol. The van der Waals surface area contributed by atoms with E-state index in [1.165, 1.54) is 6.92 Å². The predicted octanol–water partition coefficient (Wildman–Crippen LogP) is 4.22. The van der Waals surface area contributed by atoms with Gasteiger partial charge in [-0.2, -0.15) is 0 Å². The molecule has 0 radical (unpaired) electrons. The van der Waals surface area contributed by atoms with E-state index in [0.29, 0.717) is 16.6 Å². The Morgan fingerprint density at radius 3 is 2.47 bits per heavy atom. The van der Waals surface area contributed by atoms with Gasteiger partial charge in [-0.15, -0.1) is 0 Å². The number of carbonyl (C=O) groups excluding carboxylic acids is 2. The number of nitrogens with one attached hydrogen (secondary N) is 2. The molecule has 1 atom stereocenters. The second-order valence-electron chi connectivity index (χ2n) is 7.92. The van der Waals surface area contributed by atoms with Crippen LogP contribution < -0.4 is 15.4 Å². The van der Waals surface area contributed by atoms with Crippen molar-refractivity contribution in [1.82, 2.24) is 15.5 Å². The lowest BCUT2D eigenvalue weighted by molar-refractivity contribution is -0.128. The molecular weight excluding hydrogens is 449 g/mol. The maximum Gasteiger partial charge on any atom is 0.247 e. The predicted molar refractivity (Wildman–Crippen MR) is 127 cm³/mol. The minimum atomic E-state index is -0.678. The lowest BCUT2D eigenvalue weighted by Crippen LogP contribution is -2.41. The van der Waals surface area contributed by atoms with Gasteiger partial charge in [-0.25, -0.2) is 0 Å². The molecule has 1 heterocycles. The van der Waals surface area contributed by atoms with E-state index in [2.05, 4.69) is 15.5 Å². The van der Waals surface area contributed by atoms with Crippen molar-refractivity contribution in [3.05, 3.63) is 64.1 Å². The SMILES string of the molecule is CC(=O)NC(C(=O)NCCCN1CCC(Oc2ccc(Cl)c(Cl)c2)CC1)c1ccccc1. The van der Waals surface area contributed by atoms with Gasteiger partial charge in [0.2, 0.25) is 11.8 Å². The molecule has 0 aliphatic carbocycles. The molecule has 1 saturated heterocycles. The molecule has 2 N–H and O–H groups in total. The zero-order valence-electron chi connectivity index (χ0n) is 18.2. The van der Waals surface area contributed by atoms with Crippen molar-refractivity contribution in [2.24, 2.45) is 0 Å². The maximum atomic E-state index is 12.6. The molecule has 1 aliphatic rings. The van der Waals surface area contributed by atoms with Crippen LogP contribution in [0.25, 0.3) is 0 Å². The van der Waals surface area contributed by atoms with Crippen molar-refractivity contribution in [3.8, 4) is 5.75 Å². The largest absolute Gasteiger partial charge is 0.490 e. The van der Waals surface area contributed by atoms with E-state index in [9.17, 15) is 9.59 Å². The maximum absolute atomic E-state index is 12.6. The fourth-order valence-electron chi connectivity index (χ4n) is 3.76. The van der Waals surface area contributed by atoms with Gasteiger partial charge >= 0.3 is 0 Å². The molecule has 0 bridgehead atoms. The lowest BCUT2D eigenvalue weighted by Gasteiger charge is -2.32. The Bertz CT molecular complexity index is 903. The molecule has 1 fully saturated rings. The number of halogens is 2. The highest BCUT2D eigenvalue weighted by molar-refractivity contribution is 6.42. The zero-order chi connectivity index (χ0) is 22.9. The van der Waals surface area contributed by atoms with Crippen LogP contribution >= 0.6 is 23.2 Å². The molecule has 6 nitrogen and oxygen atoms in total. The van der Waals surface area contributed by atoms with Crippen molar-refractivity contribution in [2.75, 3.05) is 26.2 Å². The molecule has 0 spiro atoms. The highest BCUT2D eigenvalue weighted by atomic mass is 35.5. The van der Waals surface area contributed by atoms with E-state index in [0.717, 1.165) is 50.2 Å². The van der Waals surface area contributed by atoms with Crippen LogP contribution in [0.4, 0.5) is 0 Å². The number of nitrogens with zero attached hydrogens (tertiary/aromatic N) is 1. The summed E-state index contributed by atoms with van der Waals surface area (Å²) in [6.45, 7) is 4.76. The van der Waals surface area contributed by atoms with Crippen LogP contribution in [0.2, 0.25) is 10.0 Å². The Balaban J connectivity index is 1.37. The quantitative estimate of drug-likeness (QED) is 0.530. The van der Waals surface area contributed by atoms with Crippen LogP contribution in [0.5, 0.6) is 5.75 Å². The molecular formula is C24H29Cl2N3O3. The standard InChI is InChI=1S/C24H29Cl2N3O3/c1-17(30)28-23(18-6-3-2-4-7-18)24(31)27-12-5-13-29-14-10-19(11-15-29)32-20-8-9-21(25)22(26)16-20/h2-4,6-9,16,19,23H,5,10-15H2,1H3,(H,27,31)(H,28,30). The summed E-state index contributed by atoms with van der Waals surface area (Å²) in [6, 6.07) is 13.9. The number of rotatable bonds is 9. The molecule has 2 aromatic carbocycles. The molecule has 1 aliphatic heterocycles. The number of hydrogen-bond donors (Lipinski definition) is 2. The normalized spacial score (nSPS) is 15.7. The van der Waals surface area contributed by atoms with E-state index in [1.54, 1.807) is 12.1 Å².